The fourth-order valence-electron chi connectivity index (χ4n) is 4.66. The summed E-state index contributed by atoms with van der Waals surface area (Å²) >= 11 is 1.43. The first kappa shape index (κ1) is 23.1. The third-order valence-electron chi connectivity index (χ3n) is 6.43. The van der Waals surface area contributed by atoms with E-state index < -0.39 is 0 Å². The molecule has 1 saturated heterocycles. The Morgan fingerprint density at radius 1 is 1.06 bits per heavy atom. The number of nitrogens with zero attached hydrogens (tertiary/aromatic N) is 4. The topological polar surface area (TPSA) is 85.4 Å². The Morgan fingerprint density at radius 3 is 2.59 bits per heavy atom. The van der Waals surface area contributed by atoms with E-state index in [0.29, 0.717) is 11.8 Å². The van der Waals surface area contributed by atoms with Crippen LogP contribution in [0.25, 0.3) is 11.6 Å². The minimum absolute atomic E-state index is 0.0522. The normalized spacial score (nSPS) is 17.6. The lowest BCUT2D eigenvalue weighted by Crippen LogP contribution is -2.35. The average molecular weight is 482 g/mol. The third kappa shape index (κ3) is 5.71. The van der Waals surface area contributed by atoms with Crippen molar-refractivity contribution in [3.63, 3.8) is 0 Å². The van der Waals surface area contributed by atoms with Crippen LogP contribution in [0.5, 0.6) is 0 Å². The number of nitrogens with one attached hydrogen (secondary N) is 1. The number of aromatic nitrogens is 3. The van der Waals surface area contributed by atoms with E-state index in [9.17, 15) is 4.79 Å². The molecule has 0 atom stereocenters. The summed E-state index contributed by atoms with van der Waals surface area (Å²) in [6.45, 7) is 4.42. The Kier molecular flexibility index (Phi) is 7.62. The van der Waals surface area contributed by atoms with Crippen LogP contribution in [0.1, 0.15) is 43.7 Å². The third-order valence-corrected chi connectivity index (χ3v) is 7.37. The van der Waals surface area contributed by atoms with Crippen molar-refractivity contribution in [1.82, 2.24) is 19.7 Å². The van der Waals surface area contributed by atoms with Gasteiger partial charge in [-0.05, 0) is 42.7 Å². The summed E-state index contributed by atoms with van der Waals surface area (Å²) in [5.41, 5.74) is 2.04. The van der Waals surface area contributed by atoms with Crippen LogP contribution in [0.4, 0.5) is 5.69 Å². The highest BCUT2D eigenvalue weighted by molar-refractivity contribution is 7.99. The number of anilines is 1. The van der Waals surface area contributed by atoms with E-state index in [1.165, 1.54) is 36.6 Å². The molecule has 2 aromatic heterocycles. The highest BCUT2D eigenvalue weighted by Gasteiger charge is 2.25. The van der Waals surface area contributed by atoms with Gasteiger partial charge >= 0.3 is 0 Å². The first-order valence-corrected chi connectivity index (χ1v) is 13.1. The lowest BCUT2D eigenvalue weighted by molar-refractivity contribution is -0.113. The maximum Gasteiger partial charge on any atom is 0.234 e. The summed E-state index contributed by atoms with van der Waals surface area (Å²) in [6, 6.07) is 12.2. The van der Waals surface area contributed by atoms with E-state index in [4.69, 9.17) is 9.15 Å². The number of morpholine rings is 1. The quantitative estimate of drug-likeness (QED) is 0.470. The van der Waals surface area contributed by atoms with Crippen LogP contribution in [-0.4, -0.2) is 57.6 Å². The van der Waals surface area contributed by atoms with Gasteiger partial charge in [-0.2, -0.15) is 0 Å². The molecule has 2 fully saturated rings. The van der Waals surface area contributed by atoms with Gasteiger partial charge in [0.2, 0.25) is 11.7 Å². The van der Waals surface area contributed by atoms with E-state index in [2.05, 4.69) is 37.1 Å². The van der Waals surface area contributed by atoms with Crippen LogP contribution in [0, 0.1) is 0 Å². The molecular formula is C25H31N5O3S. The van der Waals surface area contributed by atoms with Gasteiger partial charge in [-0.3, -0.25) is 14.3 Å². The highest BCUT2D eigenvalue weighted by atomic mass is 32.2. The van der Waals surface area contributed by atoms with Crippen LogP contribution in [-0.2, 0) is 16.1 Å². The maximum absolute atomic E-state index is 12.7. The minimum atomic E-state index is -0.0522. The van der Waals surface area contributed by atoms with Crippen molar-refractivity contribution in [3.05, 3.63) is 48.2 Å². The summed E-state index contributed by atoms with van der Waals surface area (Å²) in [6.07, 6.45) is 7.52. The number of thioether (sulfide) groups is 1. The first-order valence-electron chi connectivity index (χ1n) is 12.1. The van der Waals surface area contributed by atoms with Crippen LogP contribution >= 0.6 is 11.8 Å². The molecule has 0 spiro atoms. The Balaban J connectivity index is 1.20. The fraction of sp³-hybridized carbons (Fsp3) is 0.480. The molecule has 1 aliphatic heterocycles. The zero-order chi connectivity index (χ0) is 23.2. The number of carbonyl (C=O) groups excluding carboxylic acids is 1. The molecule has 2 aliphatic rings. The van der Waals surface area contributed by atoms with E-state index >= 15 is 0 Å². The van der Waals surface area contributed by atoms with Gasteiger partial charge in [0, 0.05) is 31.4 Å². The van der Waals surface area contributed by atoms with Gasteiger partial charge in [0.25, 0.3) is 0 Å². The highest BCUT2D eigenvalue weighted by Crippen LogP contribution is 2.35. The molecule has 0 radical (unpaired) electrons. The first-order chi connectivity index (χ1) is 16.8. The predicted octanol–water partition coefficient (Wildman–Crippen LogP) is 4.61. The van der Waals surface area contributed by atoms with Gasteiger partial charge in [-0.1, -0.05) is 43.2 Å². The zero-order valence-corrected chi connectivity index (χ0v) is 20.1. The van der Waals surface area contributed by atoms with Crippen LogP contribution < -0.4 is 5.32 Å². The summed E-state index contributed by atoms with van der Waals surface area (Å²) in [5, 5.41) is 12.6. The smallest absolute Gasteiger partial charge is 0.234 e. The second kappa shape index (κ2) is 11.2. The second-order valence-electron chi connectivity index (χ2n) is 8.87. The molecule has 1 aliphatic carbocycles. The van der Waals surface area contributed by atoms with E-state index in [1.54, 1.807) is 6.26 Å². The van der Waals surface area contributed by atoms with Gasteiger partial charge in [0.1, 0.15) is 0 Å². The lowest BCUT2D eigenvalue weighted by Gasteiger charge is -2.26. The minimum Gasteiger partial charge on any atom is -0.461 e. The number of ether oxygens (including phenoxy) is 1. The molecule has 8 nitrogen and oxygen atoms in total. The molecule has 180 valence electrons. The molecule has 0 bridgehead atoms. The van der Waals surface area contributed by atoms with Gasteiger partial charge in [-0.25, -0.2) is 0 Å². The van der Waals surface area contributed by atoms with Crippen molar-refractivity contribution in [2.75, 3.05) is 37.4 Å². The van der Waals surface area contributed by atoms with Crippen molar-refractivity contribution in [2.24, 2.45) is 0 Å². The molecule has 1 aromatic carbocycles. The van der Waals surface area contributed by atoms with Gasteiger partial charge in [-0.15, -0.1) is 10.2 Å². The summed E-state index contributed by atoms with van der Waals surface area (Å²) < 4.78 is 13.2. The van der Waals surface area contributed by atoms with Crippen molar-refractivity contribution in [2.45, 2.75) is 49.8 Å². The molecule has 3 aromatic rings. The lowest BCUT2D eigenvalue weighted by atomic mass is 9.95. The van der Waals surface area contributed by atoms with E-state index in [0.717, 1.165) is 62.4 Å². The Morgan fingerprint density at radius 2 is 1.85 bits per heavy atom. The van der Waals surface area contributed by atoms with Gasteiger partial charge < -0.3 is 14.5 Å². The number of carbonyl (C=O) groups is 1. The van der Waals surface area contributed by atoms with Crippen molar-refractivity contribution in [3.8, 4) is 11.6 Å². The molecule has 3 heterocycles. The number of furan rings is 1. The molecule has 0 unspecified atom stereocenters. The zero-order valence-electron chi connectivity index (χ0n) is 19.3. The SMILES string of the molecule is O=C(CSc1nnc(-c2ccco2)n1C1CCCCC1)Nc1ccc(CN2CCOCC2)cc1. The predicted molar refractivity (Wildman–Crippen MR) is 132 cm³/mol. The van der Waals surface area contributed by atoms with Crippen molar-refractivity contribution in [1.29, 1.82) is 0 Å². The second-order valence-corrected chi connectivity index (χ2v) is 9.81. The maximum atomic E-state index is 12.7. The monoisotopic (exact) mass is 481 g/mol. The van der Waals surface area contributed by atoms with Gasteiger partial charge in [0.15, 0.2) is 10.9 Å². The average Bonchev–Trinajstić information content (AvgIpc) is 3.55. The largest absolute Gasteiger partial charge is 0.461 e. The Bertz CT molecular complexity index is 1050. The number of hydrogen-bond acceptors (Lipinski definition) is 7. The van der Waals surface area contributed by atoms with Crippen molar-refractivity contribution >= 4 is 23.4 Å². The number of hydrogen-bond donors (Lipinski definition) is 1. The molecular weight excluding hydrogens is 450 g/mol. The number of amides is 1. The van der Waals surface area contributed by atoms with Gasteiger partial charge in [0.05, 0.1) is 25.2 Å². The fourth-order valence-corrected chi connectivity index (χ4v) is 5.46. The van der Waals surface area contributed by atoms with Crippen LogP contribution in [0.2, 0.25) is 0 Å². The Hall–Kier alpha value is -2.62. The van der Waals surface area contributed by atoms with E-state index in [1.807, 2.05) is 24.3 Å². The summed E-state index contributed by atoms with van der Waals surface area (Å²) in [7, 11) is 0. The van der Waals surface area contributed by atoms with Crippen molar-refractivity contribution < 1.29 is 13.9 Å². The molecule has 5 rings (SSSR count). The molecule has 1 saturated carbocycles. The summed E-state index contributed by atoms with van der Waals surface area (Å²) in [4.78, 5) is 15.1. The number of benzene rings is 1. The standard InChI is InChI=1S/C25H31N5O3S/c31-23(26-20-10-8-19(9-11-20)17-29-12-15-32-16-13-29)18-34-25-28-27-24(22-7-4-14-33-22)30(25)21-5-2-1-3-6-21/h4,7-11,14,21H,1-3,5-6,12-13,15-18H2,(H,26,31). The molecule has 1 N–H and O–H groups in total. The number of rotatable bonds is 8. The summed E-state index contributed by atoms with van der Waals surface area (Å²) in [5.74, 6) is 1.68. The Labute approximate surface area is 204 Å². The molecule has 34 heavy (non-hydrogen) atoms. The molecule has 1 amide bonds. The van der Waals surface area contributed by atoms with Crippen LogP contribution in [0.15, 0.2) is 52.2 Å². The van der Waals surface area contributed by atoms with Crippen LogP contribution in [0.3, 0.4) is 0 Å². The van der Waals surface area contributed by atoms with E-state index in [-0.39, 0.29) is 11.7 Å². The molecule has 9 heteroatoms.